The van der Waals surface area contributed by atoms with E-state index in [2.05, 4.69) is 16.0 Å². The number of hydrogen-bond donors (Lipinski definition) is 3. The predicted octanol–water partition coefficient (Wildman–Crippen LogP) is 2.94. The zero-order chi connectivity index (χ0) is 22.6. The molecule has 3 N–H and O–H groups in total. The summed E-state index contributed by atoms with van der Waals surface area (Å²) in [5, 5.41) is 7.86. The zero-order valence-electron chi connectivity index (χ0n) is 17.4. The number of amides is 3. The number of anilines is 3. The molecule has 0 spiro atoms. The summed E-state index contributed by atoms with van der Waals surface area (Å²) in [6, 6.07) is 13.4. The van der Waals surface area contributed by atoms with E-state index in [1.54, 1.807) is 48.5 Å². The normalized spacial score (nSPS) is 10.0. The van der Waals surface area contributed by atoms with Crippen molar-refractivity contribution in [1.29, 1.82) is 0 Å². The van der Waals surface area contributed by atoms with Crippen molar-refractivity contribution in [2.45, 2.75) is 26.7 Å². The second-order valence-corrected chi connectivity index (χ2v) is 6.47. The van der Waals surface area contributed by atoms with Crippen molar-refractivity contribution in [3.8, 4) is 5.75 Å². The molecule has 2 rings (SSSR count). The number of carbonyl (C=O) groups excluding carboxylic acids is 4. The van der Waals surface area contributed by atoms with Crippen LogP contribution < -0.4 is 20.7 Å². The first kappa shape index (κ1) is 23.4. The minimum atomic E-state index is -0.655. The van der Waals surface area contributed by atoms with Crippen LogP contribution >= 0.6 is 0 Å². The van der Waals surface area contributed by atoms with E-state index in [4.69, 9.17) is 9.47 Å². The number of hydrogen-bond acceptors (Lipinski definition) is 6. The molecule has 9 heteroatoms. The topological polar surface area (TPSA) is 123 Å². The summed E-state index contributed by atoms with van der Waals surface area (Å²) in [6.07, 6.45) is -0.251. The van der Waals surface area contributed by atoms with E-state index < -0.39 is 18.5 Å². The van der Waals surface area contributed by atoms with Crippen LogP contribution in [0.4, 0.5) is 17.1 Å². The molecule has 0 aliphatic rings. The molecule has 2 aromatic rings. The van der Waals surface area contributed by atoms with Crippen LogP contribution in [-0.2, 0) is 23.9 Å². The monoisotopic (exact) mass is 427 g/mol. The second-order valence-electron chi connectivity index (χ2n) is 6.47. The molecule has 164 valence electrons. The summed E-state index contributed by atoms with van der Waals surface area (Å²) in [4.78, 5) is 46.6. The Morgan fingerprint density at radius 1 is 0.742 bits per heavy atom. The fourth-order valence-electron chi connectivity index (χ4n) is 2.50. The van der Waals surface area contributed by atoms with Gasteiger partial charge in [-0.2, -0.15) is 0 Å². The second kappa shape index (κ2) is 12.0. The Balaban J connectivity index is 1.67. The highest BCUT2D eigenvalue weighted by molar-refractivity contribution is 5.95. The maximum absolute atomic E-state index is 12.0. The van der Waals surface area contributed by atoms with Crippen LogP contribution in [0.1, 0.15) is 26.7 Å². The molecule has 0 aliphatic heterocycles. The van der Waals surface area contributed by atoms with E-state index >= 15 is 0 Å². The third kappa shape index (κ3) is 8.99. The van der Waals surface area contributed by atoms with Crippen LogP contribution in [0.5, 0.6) is 5.75 Å². The van der Waals surface area contributed by atoms with Gasteiger partial charge in [0.05, 0.1) is 13.0 Å². The molecule has 0 aliphatic carbocycles. The predicted molar refractivity (Wildman–Crippen MR) is 116 cm³/mol. The number of nitrogens with one attached hydrogen (secondary N) is 3. The lowest BCUT2D eigenvalue weighted by Gasteiger charge is -2.08. The first-order valence-corrected chi connectivity index (χ1v) is 9.71. The smallest absolute Gasteiger partial charge is 0.306 e. The Kier molecular flexibility index (Phi) is 9.03. The SMILES string of the molecule is CCOc1ccc(NC(=O)COC(=O)CCC(=O)Nc2ccc(NC(C)=O)cc2)cc1. The van der Waals surface area contributed by atoms with Gasteiger partial charge in [0.2, 0.25) is 11.8 Å². The average Bonchev–Trinajstić information content (AvgIpc) is 2.73. The average molecular weight is 427 g/mol. The molecule has 9 nitrogen and oxygen atoms in total. The maximum Gasteiger partial charge on any atom is 0.306 e. The molecular weight excluding hydrogens is 402 g/mol. The lowest BCUT2D eigenvalue weighted by molar-refractivity contribution is -0.147. The maximum atomic E-state index is 12.0. The Hall–Kier alpha value is -3.88. The summed E-state index contributed by atoms with van der Waals surface area (Å²) in [5.74, 6) is -1.01. The number of rotatable bonds is 10. The van der Waals surface area contributed by atoms with Crippen LogP contribution in [0.15, 0.2) is 48.5 Å². The highest BCUT2D eigenvalue weighted by atomic mass is 16.5. The van der Waals surface area contributed by atoms with Gasteiger partial charge in [-0.15, -0.1) is 0 Å². The molecule has 0 fully saturated rings. The van der Waals surface area contributed by atoms with E-state index in [0.29, 0.717) is 29.4 Å². The van der Waals surface area contributed by atoms with Crippen LogP contribution in [0.25, 0.3) is 0 Å². The van der Waals surface area contributed by atoms with Crippen molar-refractivity contribution >= 4 is 40.8 Å². The van der Waals surface area contributed by atoms with Crippen LogP contribution in [-0.4, -0.2) is 36.9 Å². The van der Waals surface area contributed by atoms with Crippen molar-refractivity contribution in [1.82, 2.24) is 0 Å². The van der Waals surface area contributed by atoms with Crippen molar-refractivity contribution in [2.75, 3.05) is 29.2 Å². The van der Waals surface area contributed by atoms with Gasteiger partial charge in [0, 0.05) is 30.4 Å². The summed E-state index contributed by atoms with van der Waals surface area (Å²) in [6.45, 7) is 3.38. The van der Waals surface area contributed by atoms with E-state index in [-0.39, 0.29) is 24.7 Å². The fourth-order valence-corrected chi connectivity index (χ4v) is 2.50. The van der Waals surface area contributed by atoms with Gasteiger partial charge >= 0.3 is 5.97 Å². The molecule has 0 aromatic heterocycles. The fraction of sp³-hybridized carbons (Fsp3) is 0.273. The Morgan fingerprint density at radius 2 is 1.26 bits per heavy atom. The van der Waals surface area contributed by atoms with E-state index in [1.807, 2.05) is 6.92 Å². The van der Waals surface area contributed by atoms with Gasteiger partial charge in [-0.3, -0.25) is 19.2 Å². The van der Waals surface area contributed by atoms with E-state index in [1.165, 1.54) is 6.92 Å². The van der Waals surface area contributed by atoms with Gasteiger partial charge in [0.1, 0.15) is 5.75 Å². The first-order chi connectivity index (χ1) is 14.9. The molecule has 3 amide bonds. The number of carbonyl (C=O) groups is 4. The molecular formula is C22H25N3O6. The summed E-state index contributed by atoms with van der Waals surface area (Å²) in [5.41, 5.74) is 1.69. The van der Waals surface area contributed by atoms with E-state index in [9.17, 15) is 19.2 Å². The molecule has 0 heterocycles. The van der Waals surface area contributed by atoms with Crippen molar-refractivity contribution in [2.24, 2.45) is 0 Å². The van der Waals surface area contributed by atoms with Gasteiger partial charge in [0.25, 0.3) is 5.91 Å². The van der Waals surface area contributed by atoms with Crippen LogP contribution in [0.2, 0.25) is 0 Å². The van der Waals surface area contributed by atoms with Gasteiger partial charge in [-0.25, -0.2) is 0 Å². The van der Waals surface area contributed by atoms with Crippen molar-refractivity contribution in [3.63, 3.8) is 0 Å². The van der Waals surface area contributed by atoms with Crippen LogP contribution in [0, 0.1) is 0 Å². The third-order valence-electron chi connectivity index (χ3n) is 3.86. The van der Waals surface area contributed by atoms with Crippen molar-refractivity contribution in [3.05, 3.63) is 48.5 Å². The lowest BCUT2D eigenvalue weighted by atomic mass is 10.2. The minimum absolute atomic E-state index is 0.0905. The molecule has 0 unspecified atom stereocenters. The summed E-state index contributed by atoms with van der Waals surface area (Å²) >= 11 is 0. The number of esters is 1. The van der Waals surface area contributed by atoms with Gasteiger partial charge in [0.15, 0.2) is 6.61 Å². The molecule has 0 atom stereocenters. The first-order valence-electron chi connectivity index (χ1n) is 9.71. The number of ether oxygens (including phenoxy) is 2. The highest BCUT2D eigenvalue weighted by Crippen LogP contribution is 2.16. The minimum Gasteiger partial charge on any atom is -0.494 e. The van der Waals surface area contributed by atoms with Gasteiger partial charge in [-0.1, -0.05) is 0 Å². The molecule has 0 bridgehead atoms. The molecule has 0 saturated carbocycles. The van der Waals surface area contributed by atoms with Gasteiger partial charge < -0.3 is 25.4 Å². The molecule has 0 saturated heterocycles. The van der Waals surface area contributed by atoms with Crippen LogP contribution in [0.3, 0.4) is 0 Å². The highest BCUT2D eigenvalue weighted by Gasteiger charge is 2.11. The van der Waals surface area contributed by atoms with Gasteiger partial charge in [-0.05, 0) is 55.5 Å². The largest absolute Gasteiger partial charge is 0.494 e. The lowest BCUT2D eigenvalue weighted by Crippen LogP contribution is -2.21. The Bertz CT molecular complexity index is 910. The molecule has 31 heavy (non-hydrogen) atoms. The molecule has 2 aromatic carbocycles. The summed E-state index contributed by atoms with van der Waals surface area (Å²) < 4.78 is 10.2. The standard InChI is InChI=1S/C22H25N3O6/c1-3-30-19-10-8-18(9-11-19)25-21(28)14-31-22(29)13-12-20(27)24-17-6-4-16(5-7-17)23-15(2)26/h4-11H,3,12-14H2,1-2H3,(H,23,26)(H,24,27)(H,25,28). The quantitative estimate of drug-likeness (QED) is 0.501. The zero-order valence-corrected chi connectivity index (χ0v) is 17.4. The summed E-state index contributed by atoms with van der Waals surface area (Å²) in [7, 11) is 0. The third-order valence-corrected chi connectivity index (χ3v) is 3.86. The van der Waals surface area contributed by atoms with E-state index in [0.717, 1.165) is 0 Å². The Labute approximate surface area is 180 Å². The Morgan fingerprint density at radius 3 is 1.81 bits per heavy atom. The van der Waals surface area contributed by atoms with Crippen molar-refractivity contribution < 1.29 is 28.7 Å². The molecule has 0 radical (unpaired) electrons. The number of benzene rings is 2.